The van der Waals surface area contributed by atoms with Crippen LogP contribution in [-0.4, -0.2) is 0 Å². The Hall–Kier alpha value is 0. The molecule has 0 aromatic heterocycles. The lowest BCUT2D eigenvalue weighted by Crippen LogP contribution is -1.85. The van der Waals surface area contributed by atoms with Crippen molar-refractivity contribution in [2.45, 2.75) is 85.5 Å². The summed E-state index contributed by atoms with van der Waals surface area (Å²) in [5.41, 5.74) is 0. The summed E-state index contributed by atoms with van der Waals surface area (Å²) in [6.07, 6.45) is 13.2. The van der Waals surface area contributed by atoms with Crippen molar-refractivity contribution in [3.05, 3.63) is 0 Å². The van der Waals surface area contributed by atoms with Crippen molar-refractivity contribution in [2.24, 2.45) is 0 Å². The van der Waals surface area contributed by atoms with Gasteiger partial charge >= 0.3 is 0 Å². The Balaban J connectivity index is 0. The van der Waals surface area contributed by atoms with Crippen LogP contribution < -0.4 is 0 Å². The van der Waals surface area contributed by atoms with E-state index in [9.17, 15) is 0 Å². The SMILES string of the molecule is C1CCC1.C1CCC1.CC.CCC. The molecule has 0 aromatic carbocycles. The number of hydrogen-bond acceptors (Lipinski definition) is 0. The molecule has 13 heavy (non-hydrogen) atoms. The molecule has 0 heterocycles. The molecule has 0 unspecified atom stereocenters. The smallest absolute Gasteiger partial charge is 0.0533 e. The third-order valence-corrected chi connectivity index (χ3v) is 2.00. The highest BCUT2D eigenvalue weighted by molar-refractivity contribution is 4.51. The van der Waals surface area contributed by atoms with Gasteiger partial charge in [0.2, 0.25) is 0 Å². The van der Waals surface area contributed by atoms with Gasteiger partial charge in [0, 0.05) is 0 Å². The van der Waals surface area contributed by atoms with Crippen molar-refractivity contribution >= 4 is 0 Å². The molecular weight excluding hydrogens is 156 g/mol. The molecule has 0 heteroatoms. The zero-order chi connectivity index (χ0) is 10.4. The lowest BCUT2D eigenvalue weighted by atomic mass is 10.0. The Morgan fingerprint density at radius 3 is 0.615 bits per heavy atom. The molecular formula is C13H30. The lowest BCUT2D eigenvalue weighted by Gasteiger charge is -2.05. The zero-order valence-electron chi connectivity index (χ0n) is 10.4. The molecule has 0 atom stereocenters. The largest absolute Gasteiger partial charge is 0.0683 e. The van der Waals surface area contributed by atoms with Gasteiger partial charge in [0.1, 0.15) is 0 Å². The fourth-order valence-electron chi connectivity index (χ4n) is 0.500. The van der Waals surface area contributed by atoms with Gasteiger partial charge in [-0.25, -0.2) is 0 Å². The van der Waals surface area contributed by atoms with E-state index in [0.717, 1.165) is 0 Å². The lowest BCUT2D eigenvalue weighted by molar-refractivity contribution is 0.504. The van der Waals surface area contributed by atoms with Gasteiger partial charge in [0.15, 0.2) is 0 Å². The van der Waals surface area contributed by atoms with E-state index in [1.54, 1.807) is 0 Å². The standard InChI is InChI=1S/2C4H8.C3H8.C2H6/c2*1-2-4-3-1;1-3-2;1-2/h2*1-4H2;3H2,1-2H3;1-2H3. The highest BCUT2D eigenvalue weighted by Crippen LogP contribution is 2.15. The average Bonchev–Trinajstić information content (AvgIpc) is 1.84. The summed E-state index contributed by atoms with van der Waals surface area (Å²) in [4.78, 5) is 0. The second-order valence-corrected chi connectivity index (χ2v) is 3.54. The monoisotopic (exact) mass is 186 g/mol. The molecule has 2 saturated carbocycles. The fourth-order valence-corrected chi connectivity index (χ4v) is 0.500. The van der Waals surface area contributed by atoms with E-state index in [4.69, 9.17) is 0 Å². The summed E-state index contributed by atoms with van der Waals surface area (Å²) < 4.78 is 0. The second-order valence-electron chi connectivity index (χ2n) is 3.54. The summed E-state index contributed by atoms with van der Waals surface area (Å²) in [6, 6.07) is 0. The molecule has 82 valence electrons. The molecule has 0 bridgehead atoms. The fraction of sp³-hybridized carbons (Fsp3) is 1.00. The van der Waals surface area contributed by atoms with Crippen LogP contribution in [0.3, 0.4) is 0 Å². The molecule has 0 saturated heterocycles. The third-order valence-electron chi connectivity index (χ3n) is 2.00. The summed E-state index contributed by atoms with van der Waals surface area (Å²) in [6.45, 7) is 8.25. The molecule has 0 N–H and O–H groups in total. The van der Waals surface area contributed by atoms with Gasteiger partial charge in [-0.05, 0) is 0 Å². The summed E-state index contributed by atoms with van der Waals surface area (Å²) in [5.74, 6) is 0. The van der Waals surface area contributed by atoms with E-state index in [1.165, 1.54) is 57.8 Å². The van der Waals surface area contributed by atoms with Crippen molar-refractivity contribution in [3.63, 3.8) is 0 Å². The van der Waals surface area contributed by atoms with Gasteiger partial charge in [-0.2, -0.15) is 0 Å². The predicted molar refractivity (Wildman–Crippen MR) is 64.2 cm³/mol. The maximum Gasteiger partial charge on any atom is -0.0533 e. The van der Waals surface area contributed by atoms with Gasteiger partial charge in [0.25, 0.3) is 0 Å². The maximum atomic E-state index is 2.12. The zero-order valence-corrected chi connectivity index (χ0v) is 10.4. The Morgan fingerprint density at radius 2 is 0.615 bits per heavy atom. The molecule has 0 amide bonds. The molecule has 0 radical (unpaired) electrons. The highest BCUT2D eigenvalue weighted by Gasteiger charge is 1.95. The van der Waals surface area contributed by atoms with E-state index < -0.39 is 0 Å². The Kier molecular flexibility index (Phi) is 21.3. The van der Waals surface area contributed by atoms with Crippen LogP contribution >= 0.6 is 0 Å². The van der Waals surface area contributed by atoms with Crippen LogP contribution in [0.5, 0.6) is 0 Å². The molecule has 2 fully saturated rings. The van der Waals surface area contributed by atoms with E-state index in [2.05, 4.69) is 13.8 Å². The van der Waals surface area contributed by atoms with Crippen molar-refractivity contribution in [1.29, 1.82) is 0 Å². The first-order valence-corrected chi connectivity index (χ1v) is 6.41. The topological polar surface area (TPSA) is 0 Å². The van der Waals surface area contributed by atoms with Gasteiger partial charge in [-0.3, -0.25) is 0 Å². The molecule has 0 aliphatic heterocycles. The van der Waals surface area contributed by atoms with Crippen LogP contribution in [0.4, 0.5) is 0 Å². The first kappa shape index (κ1) is 15.5. The third kappa shape index (κ3) is 18.8. The minimum absolute atomic E-state index is 1.25. The minimum atomic E-state index is 1.25. The Morgan fingerprint density at radius 1 is 0.538 bits per heavy atom. The molecule has 2 aliphatic rings. The number of rotatable bonds is 0. The average molecular weight is 186 g/mol. The minimum Gasteiger partial charge on any atom is -0.0683 e. The Bertz CT molecular complexity index is 33.1. The van der Waals surface area contributed by atoms with Crippen LogP contribution in [0.2, 0.25) is 0 Å². The van der Waals surface area contributed by atoms with Crippen molar-refractivity contribution in [1.82, 2.24) is 0 Å². The molecule has 2 rings (SSSR count). The van der Waals surface area contributed by atoms with Gasteiger partial charge in [0.05, 0.1) is 0 Å². The van der Waals surface area contributed by atoms with Crippen LogP contribution in [0, 0.1) is 0 Å². The van der Waals surface area contributed by atoms with E-state index in [1.807, 2.05) is 13.8 Å². The van der Waals surface area contributed by atoms with Crippen LogP contribution in [0.1, 0.15) is 85.5 Å². The van der Waals surface area contributed by atoms with Gasteiger partial charge in [-0.15, -0.1) is 0 Å². The first-order valence-electron chi connectivity index (χ1n) is 6.41. The predicted octanol–water partition coefficient (Wildman–Crippen LogP) is 5.56. The molecule has 0 aromatic rings. The first-order chi connectivity index (χ1) is 6.41. The van der Waals surface area contributed by atoms with E-state index >= 15 is 0 Å². The van der Waals surface area contributed by atoms with Crippen molar-refractivity contribution < 1.29 is 0 Å². The van der Waals surface area contributed by atoms with Crippen LogP contribution in [-0.2, 0) is 0 Å². The van der Waals surface area contributed by atoms with Crippen LogP contribution in [0.25, 0.3) is 0 Å². The normalized spacial score (nSPS) is 16.6. The van der Waals surface area contributed by atoms with Crippen molar-refractivity contribution in [3.8, 4) is 0 Å². The molecule has 0 nitrogen and oxygen atoms in total. The van der Waals surface area contributed by atoms with E-state index in [0.29, 0.717) is 0 Å². The summed E-state index contributed by atoms with van der Waals surface area (Å²) in [7, 11) is 0. The van der Waals surface area contributed by atoms with Crippen LogP contribution in [0.15, 0.2) is 0 Å². The summed E-state index contributed by atoms with van der Waals surface area (Å²) in [5, 5.41) is 0. The van der Waals surface area contributed by atoms with E-state index in [-0.39, 0.29) is 0 Å². The highest BCUT2D eigenvalue weighted by atomic mass is 14.0. The van der Waals surface area contributed by atoms with Gasteiger partial charge in [-0.1, -0.05) is 85.5 Å². The number of hydrogen-bond donors (Lipinski definition) is 0. The summed E-state index contributed by atoms with van der Waals surface area (Å²) >= 11 is 0. The molecule has 2 aliphatic carbocycles. The molecule has 0 spiro atoms. The second kappa shape index (κ2) is 17.9. The maximum absolute atomic E-state index is 2.12. The van der Waals surface area contributed by atoms with Crippen molar-refractivity contribution in [2.75, 3.05) is 0 Å². The quantitative estimate of drug-likeness (QED) is 0.464. The van der Waals surface area contributed by atoms with Gasteiger partial charge < -0.3 is 0 Å². The Labute approximate surface area is 86.1 Å².